The number of aromatic hydroxyl groups is 1. The standard InChI is InChI=1S/C21H19ClN2O2/c1-14(25)24-21-11-10-19(26)12-20(21)16-4-8-18(9-5-16)23-13-15-2-6-17(22)7-3-15/h2-12,23,26H,13H2,1H3,(H,24,25). The number of carbonyl (C=O) groups excluding carboxylic acids is 1. The van der Waals surface area contributed by atoms with Crippen molar-refractivity contribution >= 4 is 28.9 Å². The smallest absolute Gasteiger partial charge is 0.221 e. The van der Waals surface area contributed by atoms with Gasteiger partial charge in [0.1, 0.15) is 5.75 Å². The van der Waals surface area contributed by atoms with E-state index in [1.807, 2.05) is 48.5 Å². The molecule has 5 heteroatoms. The Morgan fingerprint density at radius 2 is 1.69 bits per heavy atom. The molecule has 0 aliphatic rings. The number of amides is 1. The van der Waals surface area contributed by atoms with Gasteiger partial charge in [0.25, 0.3) is 0 Å². The van der Waals surface area contributed by atoms with Gasteiger partial charge in [-0.3, -0.25) is 4.79 Å². The van der Waals surface area contributed by atoms with Crippen molar-refractivity contribution in [2.45, 2.75) is 13.5 Å². The highest BCUT2D eigenvalue weighted by atomic mass is 35.5. The third kappa shape index (κ3) is 4.55. The summed E-state index contributed by atoms with van der Waals surface area (Å²) in [6, 6.07) is 20.4. The molecule has 0 aliphatic heterocycles. The maximum atomic E-state index is 11.4. The summed E-state index contributed by atoms with van der Waals surface area (Å²) in [4.78, 5) is 11.4. The summed E-state index contributed by atoms with van der Waals surface area (Å²) in [5.74, 6) is -0.00256. The van der Waals surface area contributed by atoms with E-state index < -0.39 is 0 Å². The topological polar surface area (TPSA) is 61.4 Å². The van der Waals surface area contributed by atoms with Gasteiger partial charge in [0, 0.05) is 35.4 Å². The van der Waals surface area contributed by atoms with Gasteiger partial charge in [-0.05, 0) is 53.6 Å². The van der Waals surface area contributed by atoms with Crippen LogP contribution in [0.1, 0.15) is 12.5 Å². The number of halogens is 1. The Morgan fingerprint density at radius 1 is 1.00 bits per heavy atom. The van der Waals surface area contributed by atoms with Gasteiger partial charge in [-0.15, -0.1) is 0 Å². The number of anilines is 2. The third-order valence-corrected chi connectivity index (χ3v) is 4.17. The summed E-state index contributed by atoms with van der Waals surface area (Å²) < 4.78 is 0. The fraction of sp³-hybridized carbons (Fsp3) is 0.0952. The molecule has 3 aromatic carbocycles. The Morgan fingerprint density at radius 3 is 2.35 bits per heavy atom. The molecule has 0 saturated carbocycles. The van der Waals surface area contributed by atoms with E-state index >= 15 is 0 Å². The first-order chi connectivity index (χ1) is 12.5. The summed E-state index contributed by atoms with van der Waals surface area (Å²) >= 11 is 5.90. The van der Waals surface area contributed by atoms with Gasteiger partial charge >= 0.3 is 0 Å². The lowest BCUT2D eigenvalue weighted by Gasteiger charge is -2.12. The molecule has 3 N–H and O–H groups in total. The highest BCUT2D eigenvalue weighted by Crippen LogP contribution is 2.32. The predicted molar refractivity (Wildman–Crippen MR) is 107 cm³/mol. The number of nitrogens with one attached hydrogen (secondary N) is 2. The van der Waals surface area contributed by atoms with Crippen LogP contribution in [-0.2, 0) is 11.3 Å². The summed E-state index contributed by atoms with van der Waals surface area (Å²) in [7, 11) is 0. The van der Waals surface area contributed by atoms with E-state index in [4.69, 9.17) is 11.6 Å². The van der Waals surface area contributed by atoms with E-state index in [0.29, 0.717) is 12.2 Å². The Kier molecular flexibility index (Phi) is 5.44. The lowest BCUT2D eigenvalue weighted by Crippen LogP contribution is -2.06. The maximum Gasteiger partial charge on any atom is 0.221 e. The molecule has 0 fully saturated rings. The molecule has 0 spiro atoms. The Labute approximate surface area is 157 Å². The fourth-order valence-electron chi connectivity index (χ4n) is 2.64. The van der Waals surface area contributed by atoms with Crippen molar-refractivity contribution in [3.63, 3.8) is 0 Å². The number of phenols is 1. The molecule has 0 atom stereocenters. The molecule has 1 amide bonds. The SMILES string of the molecule is CC(=O)Nc1ccc(O)cc1-c1ccc(NCc2ccc(Cl)cc2)cc1. The molecule has 0 unspecified atom stereocenters. The van der Waals surface area contributed by atoms with Crippen molar-refractivity contribution < 1.29 is 9.90 Å². The molecule has 3 rings (SSSR count). The second-order valence-electron chi connectivity index (χ2n) is 5.97. The fourth-order valence-corrected chi connectivity index (χ4v) is 2.77. The maximum absolute atomic E-state index is 11.4. The van der Waals surface area contributed by atoms with Crippen molar-refractivity contribution in [2.24, 2.45) is 0 Å². The zero-order valence-corrected chi connectivity index (χ0v) is 15.0. The van der Waals surface area contributed by atoms with Gasteiger partial charge in [-0.2, -0.15) is 0 Å². The molecule has 132 valence electrons. The average molecular weight is 367 g/mol. The van der Waals surface area contributed by atoms with Gasteiger partial charge in [0.05, 0.1) is 0 Å². The molecule has 4 nitrogen and oxygen atoms in total. The number of hydrogen-bond donors (Lipinski definition) is 3. The highest BCUT2D eigenvalue weighted by molar-refractivity contribution is 6.30. The molecular formula is C21H19ClN2O2. The lowest BCUT2D eigenvalue weighted by atomic mass is 10.0. The molecule has 3 aromatic rings. The van der Waals surface area contributed by atoms with E-state index in [2.05, 4.69) is 10.6 Å². The normalized spacial score (nSPS) is 10.4. The molecule has 26 heavy (non-hydrogen) atoms. The van der Waals surface area contributed by atoms with Crippen LogP contribution in [-0.4, -0.2) is 11.0 Å². The van der Waals surface area contributed by atoms with Crippen molar-refractivity contribution in [3.05, 3.63) is 77.3 Å². The van der Waals surface area contributed by atoms with E-state index in [1.165, 1.54) is 6.92 Å². The van der Waals surface area contributed by atoms with Gasteiger partial charge in [-0.1, -0.05) is 35.9 Å². The largest absolute Gasteiger partial charge is 0.508 e. The molecular weight excluding hydrogens is 348 g/mol. The summed E-state index contributed by atoms with van der Waals surface area (Å²) in [5, 5.41) is 16.6. The van der Waals surface area contributed by atoms with E-state index in [0.717, 1.165) is 27.4 Å². The molecule has 0 aromatic heterocycles. The van der Waals surface area contributed by atoms with E-state index in [9.17, 15) is 9.90 Å². The van der Waals surface area contributed by atoms with Crippen LogP contribution in [0.4, 0.5) is 11.4 Å². The van der Waals surface area contributed by atoms with Gasteiger partial charge < -0.3 is 15.7 Å². The Hall–Kier alpha value is -2.98. The minimum absolute atomic E-state index is 0.152. The predicted octanol–water partition coefficient (Wildman–Crippen LogP) is 5.28. The van der Waals surface area contributed by atoms with Crippen LogP contribution < -0.4 is 10.6 Å². The number of phenolic OH excluding ortho intramolecular Hbond substituents is 1. The highest BCUT2D eigenvalue weighted by Gasteiger charge is 2.08. The number of hydrogen-bond acceptors (Lipinski definition) is 3. The van der Waals surface area contributed by atoms with Gasteiger partial charge in [0.2, 0.25) is 5.91 Å². The Balaban J connectivity index is 1.76. The minimum Gasteiger partial charge on any atom is -0.508 e. The van der Waals surface area contributed by atoms with Crippen LogP contribution in [0.15, 0.2) is 66.7 Å². The molecule has 0 aliphatic carbocycles. The van der Waals surface area contributed by atoms with Crippen molar-refractivity contribution in [1.29, 1.82) is 0 Å². The van der Waals surface area contributed by atoms with Crippen LogP contribution in [0.25, 0.3) is 11.1 Å². The van der Waals surface area contributed by atoms with Crippen LogP contribution in [0.3, 0.4) is 0 Å². The van der Waals surface area contributed by atoms with Crippen LogP contribution in [0.2, 0.25) is 5.02 Å². The number of rotatable bonds is 5. The third-order valence-electron chi connectivity index (χ3n) is 3.92. The lowest BCUT2D eigenvalue weighted by molar-refractivity contribution is -0.114. The molecule has 0 radical (unpaired) electrons. The summed E-state index contributed by atoms with van der Waals surface area (Å²) in [5.41, 5.74) is 4.45. The minimum atomic E-state index is -0.154. The second-order valence-corrected chi connectivity index (χ2v) is 6.40. The van der Waals surface area contributed by atoms with Gasteiger partial charge in [0.15, 0.2) is 0 Å². The molecule has 0 heterocycles. The summed E-state index contributed by atoms with van der Waals surface area (Å²) in [6.07, 6.45) is 0. The van der Waals surface area contributed by atoms with Crippen molar-refractivity contribution in [2.75, 3.05) is 10.6 Å². The van der Waals surface area contributed by atoms with Crippen LogP contribution in [0, 0.1) is 0 Å². The first kappa shape index (κ1) is 17.8. The number of carbonyl (C=O) groups is 1. The zero-order valence-electron chi connectivity index (χ0n) is 14.3. The quantitative estimate of drug-likeness (QED) is 0.538. The zero-order chi connectivity index (χ0) is 18.5. The van der Waals surface area contributed by atoms with Crippen molar-refractivity contribution in [3.8, 4) is 16.9 Å². The van der Waals surface area contributed by atoms with Crippen LogP contribution in [0.5, 0.6) is 5.75 Å². The average Bonchev–Trinajstić information content (AvgIpc) is 2.63. The second kappa shape index (κ2) is 7.93. The molecule has 0 bridgehead atoms. The van der Waals surface area contributed by atoms with E-state index in [-0.39, 0.29) is 11.7 Å². The van der Waals surface area contributed by atoms with Gasteiger partial charge in [-0.25, -0.2) is 0 Å². The molecule has 0 saturated heterocycles. The van der Waals surface area contributed by atoms with E-state index in [1.54, 1.807) is 18.2 Å². The van der Waals surface area contributed by atoms with Crippen LogP contribution >= 0.6 is 11.6 Å². The first-order valence-electron chi connectivity index (χ1n) is 8.20. The summed E-state index contributed by atoms with van der Waals surface area (Å²) in [6.45, 7) is 2.15. The Bertz CT molecular complexity index is 906. The van der Waals surface area contributed by atoms with Crippen molar-refractivity contribution in [1.82, 2.24) is 0 Å². The number of benzene rings is 3. The monoisotopic (exact) mass is 366 g/mol. The first-order valence-corrected chi connectivity index (χ1v) is 8.58.